The Morgan fingerprint density at radius 3 is 2.38 bits per heavy atom. The molecule has 4 nitrogen and oxygen atoms in total. The van der Waals surface area contributed by atoms with E-state index in [1.807, 2.05) is 0 Å². The number of H-pyrrole nitrogens is 1. The maximum Gasteiger partial charge on any atom is 0.230 e. The van der Waals surface area contributed by atoms with Crippen LogP contribution in [0.1, 0.15) is 11.1 Å². The molecule has 3 rings (SSSR count). The minimum atomic E-state index is -0.753. The van der Waals surface area contributed by atoms with Crippen LogP contribution in [0, 0.1) is 30.2 Å². The predicted octanol–water partition coefficient (Wildman–Crippen LogP) is 4.12. The van der Waals surface area contributed by atoms with Gasteiger partial charge in [0.2, 0.25) is 5.91 Å². The third-order valence-electron chi connectivity index (χ3n) is 3.70. The van der Waals surface area contributed by atoms with E-state index >= 15 is 0 Å². The van der Waals surface area contributed by atoms with Crippen LogP contribution in [0.5, 0.6) is 0 Å². The second-order valence-electron chi connectivity index (χ2n) is 5.74. The Bertz CT molecular complexity index is 964. The Hall–Kier alpha value is -3.16. The van der Waals surface area contributed by atoms with Crippen LogP contribution in [-0.2, 0) is 11.2 Å². The Labute approximate surface area is 145 Å². The number of aromatic amines is 1. The molecule has 0 saturated heterocycles. The molecule has 2 N–H and O–H groups in total. The molecule has 1 amide bonds. The molecule has 0 spiro atoms. The summed E-state index contributed by atoms with van der Waals surface area (Å²) in [7, 11) is 0. The summed E-state index contributed by atoms with van der Waals surface area (Å²) in [5.41, 5.74) is 0.549. The number of aryl methyl sites for hydroxylation is 1. The third kappa shape index (κ3) is 3.90. The lowest BCUT2D eigenvalue weighted by molar-refractivity contribution is -0.115. The van der Waals surface area contributed by atoms with Gasteiger partial charge in [-0.2, -0.15) is 5.10 Å². The van der Waals surface area contributed by atoms with Crippen LogP contribution in [0.25, 0.3) is 11.3 Å². The van der Waals surface area contributed by atoms with Gasteiger partial charge in [0, 0.05) is 23.3 Å². The number of carbonyl (C=O) groups is 1. The van der Waals surface area contributed by atoms with Crippen LogP contribution in [0.15, 0.2) is 36.4 Å². The van der Waals surface area contributed by atoms with E-state index in [0.29, 0.717) is 0 Å². The first kappa shape index (κ1) is 17.7. The molecule has 0 atom stereocenters. The Morgan fingerprint density at radius 2 is 1.69 bits per heavy atom. The van der Waals surface area contributed by atoms with E-state index in [2.05, 4.69) is 15.5 Å². The lowest BCUT2D eigenvalue weighted by atomic mass is 10.1. The fourth-order valence-electron chi connectivity index (χ4n) is 2.43. The number of carbonyl (C=O) groups excluding carboxylic acids is 1. The summed E-state index contributed by atoms with van der Waals surface area (Å²) in [6, 6.07) is 6.30. The normalized spacial score (nSPS) is 10.8. The molecule has 0 bridgehead atoms. The van der Waals surface area contributed by atoms with Crippen LogP contribution in [0.4, 0.5) is 23.4 Å². The molecule has 0 saturated carbocycles. The SMILES string of the molecule is Cc1cc(F)c(CC(=O)Nc2cc(-c3cc(F)cc(F)c3)[nH]n2)cc1F. The highest BCUT2D eigenvalue weighted by atomic mass is 19.1. The molecule has 134 valence electrons. The molecule has 1 heterocycles. The molecule has 0 aliphatic rings. The average Bonchev–Trinajstić information content (AvgIpc) is 3.00. The van der Waals surface area contributed by atoms with Gasteiger partial charge in [-0.25, -0.2) is 17.6 Å². The first-order chi connectivity index (χ1) is 12.3. The van der Waals surface area contributed by atoms with Crippen molar-refractivity contribution >= 4 is 11.7 Å². The minimum Gasteiger partial charge on any atom is -0.309 e. The summed E-state index contributed by atoms with van der Waals surface area (Å²) < 4.78 is 53.8. The fourth-order valence-corrected chi connectivity index (χ4v) is 2.43. The van der Waals surface area contributed by atoms with E-state index in [9.17, 15) is 22.4 Å². The Morgan fingerprint density at radius 1 is 1.00 bits per heavy atom. The maximum atomic E-state index is 13.8. The molecule has 1 aromatic heterocycles. The maximum absolute atomic E-state index is 13.8. The number of nitrogens with zero attached hydrogens (tertiary/aromatic N) is 1. The lowest BCUT2D eigenvalue weighted by Gasteiger charge is -2.05. The quantitative estimate of drug-likeness (QED) is 0.685. The summed E-state index contributed by atoms with van der Waals surface area (Å²) in [5.74, 6) is -3.33. The van der Waals surface area contributed by atoms with Gasteiger partial charge in [0.25, 0.3) is 0 Å². The van der Waals surface area contributed by atoms with E-state index < -0.39 is 29.2 Å². The van der Waals surface area contributed by atoms with Gasteiger partial charge in [-0.3, -0.25) is 9.89 Å². The van der Waals surface area contributed by atoms with Crippen LogP contribution in [-0.4, -0.2) is 16.1 Å². The van der Waals surface area contributed by atoms with Crippen molar-refractivity contribution in [3.8, 4) is 11.3 Å². The summed E-state index contributed by atoms with van der Waals surface area (Å²) in [5, 5.41) is 8.77. The highest BCUT2D eigenvalue weighted by Gasteiger charge is 2.13. The molecule has 0 unspecified atom stereocenters. The topological polar surface area (TPSA) is 57.8 Å². The van der Waals surface area contributed by atoms with E-state index in [-0.39, 0.29) is 34.6 Å². The van der Waals surface area contributed by atoms with Crippen molar-refractivity contribution < 1.29 is 22.4 Å². The second-order valence-corrected chi connectivity index (χ2v) is 5.74. The smallest absolute Gasteiger partial charge is 0.230 e. The van der Waals surface area contributed by atoms with Crippen molar-refractivity contribution in [2.75, 3.05) is 5.32 Å². The molecular formula is C18H13F4N3O. The molecule has 0 aliphatic carbocycles. The van der Waals surface area contributed by atoms with Crippen molar-refractivity contribution in [1.82, 2.24) is 10.2 Å². The number of hydrogen-bond donors (Lipinski definition) is 2. The number of nitrogens with one attached hydrogen (secondary N) is 2. The molecule has 2 aromatic carbocycles. The van der Waals surface area contributed by atoms with Crippen molar-refractivity contribution in [2.24, 2.45) is 0 Å². The highest BCUT2D eigenvalue weighted by molar-refractivity contribution is 5.91. The molecular weight excluding hydrogens is 350 g/mol. The van der Waals surface area contributed by atoms with Crippen molar-refractivity contribution in [3.05, 3.63) is 70.8 Å². The van der Waals surface area contributed by atoms with Crippen LogP contribution < -0.4 is 5.32 Å². The van der Waals surface area contributed by atoms with Gasteiger partial charge in [-0.15, -0.1) is 0 Å². The van der Waals surface area contributed by atoms with Gasteiger partial charge in [0.1, 0.15) is 23.3 Å². The van der Waals surface area contributed by atoms with E-state index in [1.165, 1.54) is 13.0 Å². The van der Waals surface area contributed by atoms with E-state index in [1.54, 1.807) is 0 Å². The fraction of sp³-hybridized carbons (Fsp3) is 0.111. The molecule has 0 aliphatic heterocycles. The lowest BCUT2D eigenvalue weighted by Crippen LogP contribution is -2.15. The van der Waals surface area contributed by atoms with E-state index in [4.69, 9.17) is 0 Å². The van der Waals surface area contributed by atoms with Gasteiger partial charge < -0.3 is 5.32 Å². The van der Waals surface area contributed by atoms with E-state index in [0.717, 1.165) is 30.3 Å². The first-order valence-electron chi connectivity index (χ1n) is 7.58. The number of halogens is 4. The molecule has 8 heteroatoms. The van der Waals surface area contributed by atoms with Crippen LogP contribution in [0.3, 0.4) is 0 Å². The number of aromatic nitrogens is 2. The number of amides is 1. The van der Waals surface area contributed by atoms with Gasteiger partial charge >= 0.3 is 0 Å². The number of rotatable bonds is 4. The molecule has 0 radical (unpaired) electrons. The summed E-state index contributed by atoms with van der Waals surface area (Å²) in [4.78, 5) is 12.0. The minimum absolute atomic E-state index is 0.0858. The zero-order valence-corrected chi connectivity index (χ0v) is 13.5. The van der Waals surface area contributed by atoms with Crippen LogP contribution in [0.2, 0.25) is 0 Å². The number of hydrogen-bond acceptors (Lipinski definition) is 2. The summed E-state index contributed by atoms with van der Waals surface area (Å²) in [6.45, 7) is 1.42. The number of anilines is 1. The summed E-state index contributed by atoms with van der Waals surface area (Å²) >= 11 is 0. The van der Waals surface area contributed by atoms with Gasteiger partial charge in [0.15, 0.2) is 5.82 Å². The Balaban J connectivity index is 1.73. The largest absolute Gasteiger partial charge is 0.309 e. The molecule has 3 aromatic rings. The van der Waals surface area contributed by atoms with Crippen LogP contribution >= 0.6 is 0 Å². The standard InChI is InChI=1S/C18H13F4N3O/c1-9-2-15(22)10(5-14(9)21)6-18(26)23-17-8-16(24-25-17)11-3-12(19)7-13(20)4-11/h2-5,7-8H,6H2,1H3,(H2,23,24,25,26). The van der Waals surface area contributed by atoms with Crippen molar-refractivity contribution in [1.29, 1.82) is 0 Å². The van der Waals surface area contributed by atoms with Crippen molar-refractivity contribution in [3.63, 3.8) is 0 Å². The highest BCUT2D eigenvalue weighted by Crippen LogP contribution is 2.22. The van der Waals surface area contributed by atoms with Gasteiger partial charge in [-0.05, 0) is 36.8 Å². The van der Waals surface area contributed by atoms with Gasteiger partial charge in [0.05, 0.1) is 12.1 Å². The average molecular weight is 363 g/mol. The Kier molecular flexibility index (Phi) is 4.75. The molecule has 0 fully saturated rings. The zero-order valence-electron chi connectivity index (χ0n) is 13.5. The van der Waals surface area contributed by atoms with Gasteiger partial charge in [-0.1, -0.05) is 0 Å². The third-order valence-corrected chi connectivity index (χ3v) is 3.70. The second kappa shape index (κ2) is 6.99. The summed E-state index contributed by atoms with van der Waals surface area (Å²) in [6.07, 6.45) is -0.389. The monoisotopic (exact) mass is 363 g/mol. The first-order valence-corrected chi connectivity index (χ1v) is 7.58. The van der Waals surface area contributed by atoms with Crippen molar-refractivity contribution in [2.45, 2.75) is 13.3 Å². The number of benzene rings is 2. The predicted molar refractivity (Wildman–Crippen MR) is 87.4 cm³/mol. The zero-order chi connectivity index (χ0) is 18.8. The molecule has 26 heavy (non-hydrogen) atoms.